The fourth-order valence-electron chi connectivity index (χ4n) is 2.70. The number of hydrogen-bond acceptors (Lipinski definition) is 4. The van der Waals surface area contributed by atoms with Crippen LogP contribution in [0.15, 0.2) is 0 Å². The Bertz CT molecular complexity index is 332. The summed E-state index contributed by atoms with van der Waals surface area (Å²) in [5.74, 6) is 0.260. The van der Waals surface area contributed by atoms with Gasteiger partial charge in [0, 0.05) is 17.8 Å². The Morgan fingerprint density at radius 1 is 1.29 bits per heavy atom. The molecule has 1 saturated heterocycles. The van der Waals surface area contributed by atoms with Crippen LogP contribution < -0.4 is 5.32 Å². The lowest BCUT2D eigenvalue weighted by Gasteiger charge is -2.42. The van der Waals surface area contributed by atoms with Crippen molar-refractivity contribution in [1.29, 1.82) is 0 Å². The van der Waals surface area contributed by atoms with E-state index < -0.39 is 9.84 Å². The first-order valence-corrected chi connectivity index (χ1v) is 8.43. The molecule has 0 amide bonds. The summed E-state index contributed by atoms with van der Waals surface area (Å²) in [5.41, 5.74) is 0.0238. The van der Waals surface area contributed by atoms with E-state index in [4.69, 9.17) is 0 Å². The Labute approximate surface area is 106 Å². The highest BCUT2D eigenvalue weighted by molar-refractivity contribution is 7.90. The molecular weight excluding hydrogens is 236 g/mol. The predicted octanol–water partition coefficient (Wildman–Crippen LogP) is 0.884. The van der Waals surface area contributed by atoms with Crippen molar-refractivity contribution < 1.29 is 8.42 Å². The Morgan fingerprint density at radius 3 is 2.24 bits per heavy atom. The third-order valence-corrected chi connectivity index (χ3v) is 4.88. The van der Waals surface area contributed by atoms with Gasteiger partial charge in [0.2, 0.25) is 0 Å². The van der Waals surface area contributed by atoms with Gasteiger partial charge in [0.25, 0.3) is 0 Å². The summed E-state index contributed by atoms with van der Waals surface area (Å²) in [5, 5.41) is 3.29. The first kappa shape index (κ1) is 14.9. The van der Waals surface area contributed by atoms with E-state index in [1.807, 2.05) is 7.05 Å². The van der Waals surface area contributed by atoms with Gasteiger partial charge in [0.15, 0.2) is 0 Å². The number of likely N-dealkylation sites (N-methyl/N-ethyl adjacent to an activating group) is 1. The molecule has 1 atom stereocenters. The standard InChI is InChI=1S/C12H26N2O2S/c1-12(2,14-8-5-6-9-14)11(13-3)7-10-17(4,15)16/h11,13H,5-10H2,1-4H3. The van der Waals surface area contributed by atoms with Gasteiger partial charge < -0.3 is 5.32 Å². The number of rotatable bonds is 6. The van der Waals surface area contributed by atoms with Crippen LogP contribution in [0.1, 0.15) is 33.1 Å². The van der Waals surface area contributed by atoms with E-state index in [1.54, 1.807) is 0 Å². The summed E-state index contributed by atoms with van der Waals surface area (Å²) in [4.78, 5) is 2.47. The third kappa shape index (κ3) is 4.23. The zero-order valence-corrected chi connectivity index (χ0v) is 12.3. The van der Waals surface area contributed by atoms with Crippen LogP contribution in [-0.2, 0) is 9.84 Å². The molecule has 0 saturated carbocycles. The van der Waals surface area contributed by atoms with Gasteiger partial charge in [0.1, 0.15) is 9.84 Å². The van der Waals surface area contributed by atoms with Crippen molar-refractivity contribution >= 4 is 9.84 Å². The Morgan fingerprint density at radius 2 is 1.82 bits per heavy atom. The van der Waals surface area contributed by atoms with Crippen LogP contribution in [0.3, 0.4) is 0 Å². The summed E-state index contributed by atoms with van der Waals surface area (Å²) in [7, 11) is -0.950. The van der Waals surface area contributed by atoms with Crippen LogP contribution >= 0.6 is 0 Å². The monoisotopic (exact) mass is 262 g/mol. The molecule has 0 radical (unpaired) electrons. The average molecular weight is 262 g/mol. The van der Waals surface area contributed by atoms with Crippen molar-refractivity contribution in [3.63, 3.8) is 0 Å². The minimum atomic E-state index is -2.87. The maximum atomic E-state index is 11.3. The molecule has 0 aliphatic carbocycles. The minimum absolute atomic E-state index is 0.0238. The molecule has 4 nitrogen and oxygen atoms in total. The van der Waals surface area contributed by atoms with E-state index in [2.05, 4.69) is 24.1 Å². The summed E-state index contributed by atoms with van der Waals surface area (Å²) in [6.07, 6.45) is 4.50. The molecule has 0 aromatic rings. The minimum Gasteiger partial charge on any atom is -0.315 e. The third-order valence-electron chi connectivity index (χ3n) is 3.90. The molecule has 1 heterocycles. The smallest absolute Gasteiger partial charge is 0.147 e. The molecule has 1 aliphatic heterocycles. The van der Waals surface area contributed by atoms with Gasteiger partial charge in [-0.25, -0.2) is 8.42 Å². The van der Waals surface area contributed by atoms with Gasteiger partial charge in [-0.15, -0.1) is 0 Å². The van der Waals surface area contributed by atoms with Crippen molar-refractivity contribution in [2.24, 2.45) is 0 Å². The summed E-state index contributed by atoms with van der Waals surface area (Å²) in [6.45, 7) is 6.68. The first-order valence-electron chi connectivity index (χ1n) is 6.37. The zero-order chi connectivity index (χ0) is 13.1. The van der Waals surface area contributed by atoms with E-state index >= 15 is 0 Å². The van der Waals surface area contributed by atoms with E-state index in [0.29, 0.717) is 6.42 Å². The summed E-state index contributed by atoms with van der Waals surface area (Å²) in [6, 6.07) is 0.218. The lowest BCUT2D eigenvalue weighted by molar-refractivity contribution is 0.109. The van der Waals surface area contributed by atoms with Crippen molar-refractivity contribution in [1.82, 2.24) is 10.2 Å². The second-order valence-electron chi connectivity index (χ2n) is 5.61. The first-order chi connectivity index (χ1) is 7.77. The van der Waals surface area contributed by atoms with E-state index in [0.717, 1.165) is 13.1 Å². The number of nitrogens with zero attached hydrogens (tertiary/aromatic N) is 1. The van der Waals surface area contributed by atoms with Gasteiger partial charge in [-0.1, -0.05) is 0 Å². The topological polar surface area (TPSA) is 49.4 Å². The van der Waals surface area contributed by atoms with Crippen molar-refractivity contribution in [2.75, 3.05) is 32.1 Å². The molecule has 1 fully saturated rings. The van der Waals surface area contributed by atoms with Gasteiger partial charge in [0.05, 0.1) is 5.75 Å². The number of hydrogen-bond donors (Lipinski definition) is 1. The molecule has 0 bridgehead atoms. The van der Waals surface area contributed by atoms with Crippen LogP contribution in [-0.4, -0.2) is 57.0 Å². The highest BCUT2D eigenvalue weighted by Crippen LogP contribution is 2.25. The highest BCUT2D eigenvalue weighted by Gasteiger charge is 2.35. The predicted molar refractivity (Wildman–Crippen MR) is 72.1 cm³/mol. The number of likely N-dealkylation sites (tertiary alicyclic amines) is 1. The number of sulfone groups is 1. The van der Waals surface area contributed by atoms with Gasteiger partial charge in [-0.05, 0) is 53.2 Å². The molecule has 102 valence electrons. The molecule has 1 rings (SSSR count). The maximum absolute atomic E-state index is 11.3. The molecule has 0 spiro atoms. The van der Waals surface area contributed by atoms with Crippen molar-refractivity contribution in [3.05, 3.63) is 0 Å². The largest absolute Gasteiger partial charge is 0.315 e. The van der Waals surface area contributed by atoms with Crippen molar-refractivity contribution in [3.8, 4) is 0 Å². The maximum Gasteiger partial charge on any atom is 0.147 e. The van der Waals surface area contributed by atoms with Gasteiger partial charge in [-0.2, -0.15) is 0 Å². The molecule has 0 aromatic carbocycles. The van der Waals surface area contributed by atoms with Crippen LogP contribution in [0.4, 0.5) is 0 Å². The molecular formula is C12H26N2O2S. The quantitative estimate of drug-likeness (QED) is 0.772. The Kier molecular flexibility index (Phi) is 4.98. The van der Waals surface area contributed by atoms with Gasteiger partial charge >= 0.3 is 0 Å². The summed E-state index contributed by atoms with van der Waals surface area (Å²) < 4.78 is 22.5. The highest BCUT2D eigenvalue weighted by atomic mass is 32.2. The van der Waals surface area contributed by atoms with Crippen LogP contribution in [0.5, 0.6) is 0 Å². The normalized spacial score (nSPS) is 20.7. The Balaban J connectivity index is 2.64. The fraction of sp³-hybridized carbons (Fsp3) is 1.00. The molecule has 1 unspecified atom stereocenters. The fourth-order valence-corrected chi connectivity index (χ4v) is 3.36. The molecule has 1 N–H and O–H groups in total. The van der Waals surface area contributed by atoms with Crippen LogP contribution in [0.2, 0.25) is 0 Å². The lowest BCUT2D eigenvalue weighted by atomic mass is 9.91. The second-order valence-corrected chi connectivity index (χ2v) is 7.87. The second kappa shape index (κ2) is 5.67. The van der Waals surface area contributed by atoms with E-state index in [1.165, 1.54) is 19.1 Å². The SMILES string of the molecule is CNC(CCS(C)(=O)=O)C(C)(C)N1CCCC1. The van der Waals surface area contributed by atoms with Gasteiger partial charge in [-0.3, -0.25) is 4.90 Å². The molecule has 17 heavy (non-hydrogen) atoms. The van der Waals surface area contributed by atoms with Crippen LogP contribution in [0, 0.1) is 0 Å². The Hall–Kier alpha value is -0.130. The molecule has 0 aromatic heterocycles. The van der Waals surface area contributed by atoms with Crippen LogP contribution in [0.25, 0.3) is 0 Å². The molecule has 5 heteroatoms. The van der Waals surface area contributed by atoms with E-state index in [9.17, 15) is 8.42 Å². The summed E-state index contributed by atoms with van der Waals surface area (Å²) >= 11 is 0. The number of nitrogens with one attached hydrogen (secondary N) is 1. The lowest BCUT2D eigenvalue weighted by Crippen LogP contribution is -2.56. The van der Waals surface area contributed by atoms with E-state index in [-0.39, 0.29) is 17.3 Å². The zero-order valence-electron chi connectivity index (χ0n) is 11.5. The molecule has 1 aliphatic rings. The van der Waals surface area contributed by atoms with Crippen molar-refractivity contribution in [2.45, 2.75) is 44.7 Å². The average Bonchev–Trinajstić information content (AvgIpc) is 2.69.